The first-order chi connectivity index (χ1) is 7.33. The summed E-state index contributed by atoms with van der Waals surface area (Å²) in [5.41, 5.74) is 3.65. The van der Waals surface area contributed by atoms with Gasteiger partial charge in [0.1, 0.15) is 5.58 Å². The highest BCUT2D eigenvalue weighted by molar-refractivity contribution is 5.84. The minimum atomic E-state index is 1.01. The Morgan fingerprint density at radius 1 is 1.33 bits per heavy atom. The summed E-state index contributed by atoms with van der Waals surface area (Å²) < 4.78 is 5.54. The molecule has 2 nitrogen and oxygen atoms in total. The SMILES string of the molecule is CNCCCc1coc2cccc(C)c12. The zero-order valence-corrected chi connectivity index (χ0v) is 9.34. The molecule has 0 saturated carbocycles. The molecule has 0 aliphatic carbocycles. The lowest BCUT2D eigenvalue weighted by molar-refractivity contribution is 0.607. The number of hydrogen-bond donors (Lipinski definition) is 1. The third-order valence-electron chi connectivity index (χ3n) is 2.76. The van der Waals surface area contributed by atoms with E-state index in [1.54, 1.807) is 0 Å². The largest absolute Gasteiger partial charge is 0.464 e. The van der Waals surface area contributed by atoms with Crippen molar-refractivity contribution >= 4 is 11.0 Å². The molecule has 1 aromatic heterocycles. The molecule has 0 unspecified atom stereocenters. The Bertz CT molecular complexity index is 445. The highest BCUT2D eigenvalue weighted by Gasteiger charge is 2.07. The molecule has 15 heavy (non-hydrogen) atoms. The van der Waals surface area contributed by atoms with E-state index in [0.29, 0.717) is 0 Å². The number of rotatable bonds is 4. The van der Waals surface area contributed by atoms with E-state index in [2.05, 4.69) is 18.3 Å². The molecule has 1 N–H and O–H groups in total. The maximum Gasteiger partial charge on any atom is 0.134 e. The van der Waals surface area contributed by atoms with Crippen molar-refractivity contribution < 1.29 is 4.42 Å². The van der Waals surface area contributed by atoms with Gasteiger partial charge in [-0.05, 0) is 50.6 Å². The zero-order valence-electron chi connectivity index (χ0n) is 9.34. The summed E-state index contributed by atoms with van der Waals surface area (Å²) in [6, 6.07) is 6.21. The van der Waals surface area contributed by atoms with Gasteiger partial charge < -0.3 is 9.73 Å². The summed E-state index contributed by atoms with van der Waals surface area (Å²) in [4.78, 5) is 0. The highest BCUT2D eigenvalue weighted by atomic mass is 16.3. The van der Waals surface area contributed by atoms with Gasteiger partial charge in [-0.15, -0.1) is 0 Å². The first-order valence-electron chi connectivity index (χ1n) is 5.43. The normalized spacial score (nSPS) is 11.1. The van der Waals surface area contributed by atoms with Gasteiger partial charge in [0.2, 0.25) is 0 Å². The predicted molar refractivity (Wildman–Crippen MR) is 63.2 cm³/mol. The van der Waals surface area contributed by atoms with E-state index in [1.807, 2.05) is 25.4 Å². The van der Waals surface area contributed by atoms with Crippen molar-refractivity contribution in [3.05, 3.63) is 35.6 Å². The quantitative estimate of drug-likeness (QED) is 0.773. The second kappa shape index (κ2) is 4.49. The molecule has 2 heteroatoms. The Balaban J connectivity index is 2.27. The Morgan fingerprint density at radius 2 is 2.20 bits per heavy atom. The van der Waals surface area contributed by atoms with Crippen molar-refractivity contribution in [3.63, 3.8) is 0 Å². The van der Waals surface area contributed by atoms with Crippen LogP contribution in [0.5, 0.6) is 0 Å². The van der Waals surface area contributed by atoms with Gasteiger partial charge in [-0.3, -0.25) is 0 Å². The zero-order chi connectivity index (χ0) is 10.7. The average Bonchev–Trinajstić information content (AvgIpc) is 2.63. The molecule has 0 radical (unpaired) electrons. The Morgan fingerprint density at radius 3 is 3.00 bits per heavy atom. The van der Waals surface area contributed by atoms with Crippen LogP contribution in [-0.2, 0) is 6.42 Å². The van der Waals surface area contributed by atoms with Crippen molar-refractivity contribution in [2.45, 2.75) is 19.8 Å². The fourth-order valence-electron chi connectivity index (χ4n) is 1.98. The number of aryl methyl sites for hydroxylation is 2. The summed E-state index contributed by atoms with van der Waals surface area (Å²) in [6.07, 6.45) is 4.13. The number of hydrogen-bond acceptors (Lipinski definition) is 2. The van der Waals surface area contributed by atoms with E-state index in [9.17, 15) is 0 Å². The van der Waals surface area contributed by atoms with Gasteiger partial charge in [0.05, 0.1) is 6.26 Å². The molecule has 0 spiro atoms. The third-order valence-corrected chi connectivity index (χ3v) is 2.76. The second-order valence-electron chi connectivity index (χ2n) is 3.92. The van der Waals surface area contributed by atoms with Crippen molar-refractivity contribution in [2.75, 3.05) is 13.6 Å². The number of benzene rings is 1. The minimum Gasteiger partial charge on any atom is -0.464 e. The molecule has 80 valence electrons. The van der Waals surface area contributed by atoms with Crippen LogP contribution in [0, 0.1) is 6.92 Å². The lowest BCUT2D eigenvalue weighted by atomic mass is 10.0. The van der Waals surface area contributed by atoms with E-state index in [-0.39, 0.29) is 0 Å². The van der Waals surface area contributed by atoms with E-state index in [1.165, 1.54) is 16.5 Å². The molecule has 0 aliphatic rings. The van der Waals surface area contributed by atoms with Crippen LogP contribution in [0.15, 0.2) is 28.9 Å². The molecular weight excluding hydrogens is 186 g/mol. The van der Waals surface area contributed by atoms with Gasteiger partial charge in [-0.1, -0.05) is 12.1 Å². The first-order valence-corrected chi connectivity index (χ1v) is 5.43. The van der Waals surface area contributed by atoms with Gasteiger partial charge in [0, 0.05) is 5.39 Å². The molecule has 0 amide bonds. The van der Waals surface area contributed by atoms with Crippen molar-refractivity contribution in [1.29, 1.82) is 0 Å². The van der Waals surface area contributed by atoms with Gasteiger partial charge >= 0.3 is 0 Å². The van der Waals surface area contributed by atoms with E-state index >= 15 is 0 Å². The summed E-state index contributed by atoms with van der Waals surface area (Å²) in [5, 5.41) is 4.46. The molecular formula is C13H17NO. The van der Waals surface area contributed by atoms with Crippen LogP contribution in [0.25, 0.3) is 11.0 Å². The van der Waals surface area contributed by atoms with Gasteiger partial charge in [0.25, 0.3) is 0 Å². The van der Waals surface area contributed by atoms with Crippen molar-refractivity contribution in [3.8, 4) is 0 Å². The monoisotopic (exact) mass is 203 g/mol. The van der Waals surface area contributed by atoms with Gasteiger partial charge in [0.15, 0.2) is 0 Å². The number of fused-ring (bicyclic) bond motifs is 1. The number of furan rings is 1. The summed E-state index contributed by atoms with van der Waals surface area (Å²) in [7, 11) is 1.98. The maximum atomic E-state index is 5.54. The van der Waals surface area contributed by atoms with Crippen LogP contribution in [0.3, 0.4) is 0 Å². The van der Waals surface area contributed by atoms with Crippen molar-refractivity contribution in [2.24, 2.45) is 0 Å². The fraction of sp³-hybridized carbons (Fsp3) is 0.385. The minimum absolute atomic E-state index is 1.01. The maximum absolute atomic E-state index is 5.54. The summed E-state index contributed by atoms with van der Waals surface area (Å²) in [6.45, 7) is 3.19. The standard InChI is InChI=1S/C13H17NO/c1-10-5-3-7-12-13(10)11(9-15-12)6-4-8-14-2/h3,5,7,9,14H,4,6,8H2,1-2H3. The lowest BCUT2D eigenvalue weighted by Crippen LogP contribution is -2.08. The third kappa shape index (κ3) is 2.05. The summed E-state index contributed by atoms with van der Waals surface area (Å²) >= 11 is 0. The molecule has 1 aromatic carbocycles. The lowest BCUT2D eigenvalue weighted by Gasteiger charge is -2.00. The van der Waals surface area contributed by atoms with E-state index in [4.69, 9.17) is 4.42 Å². The van der Waals surface area contributed by atoms with Crippen LogP contribution in [0.1, 0.15) is 17.5 Å². The fourth-order valence-corrected chi connectivity index (χ4v) is 1.98. The molecule has 0 aliphatic heterocycles. The van der Waals surface area contributed by atoms with Crippen LogP contribution < -0.4 is 5.32 Å². The van der Waals surface area contributed by atoms with Crippen LogP contribution in [0.2, 0.25) is 0 Å². The number of nitrogens with one attached hydrogen (secondary N) is 1. The molecule has 2 rings (SSSR count). The Kier molecular flexibility index (Phi) is 3.07. The first kappa shape index (κ1) is 10.2. The van der Waals surface area contributed by atoms with Crippen LogP contribution >= 0.6 is 0 Å². The predicted octanol–water partition coefficient (Wildman–Crippen LogP) is 2.89. The topological polar surface area (TPSA) is 25.2 Å². The molecule has 1 heterocycles. The van der Waals surface area contributed by atoms with Crippen LogP contribution in [-0.4, -0.2) is 13.6 Å². The van der Waals surface area contributed by atoms with Crippen molar-refractivity contribution in [1.82, 2.24) is 5.32 Å². The molecule has 0 fully saturated rings. The van der Waals surface area contributed by atoms with E-state index in [0.717, 1.165) is 25.0 Å². The van der Waals surface area contributed by atoms with Gasteiger partial charge in [-0.25, -0.2) is 0 Å². The van der Waals surface area contributed by atoms with E-state index < -0.39 is 0 Å². The highest BCUT2D eigenvalue weighted by Crippen LogP contribution is 2.25. The Labute approximate surface area is 90.3 Å². The smallest absolute Gasteiger partial charge is 0.134 e. The average molecular weight is 203 g/mol. The van der Waals surface area contributed by atoms with Crippen LogP contribution in [0.4, 0.5) is 0 Å². The molecule has 0 bridgehead atoms. The second-order valence-corrected chi connectivity index (χ2v) is 3.92. The molecule has 2 aromatic rings. The summed E-state index contributed by atoms with van der Waals surface area (Å²) in [5.74, 6) is 0. The molecule has 0 atom stereocenters. The Hall–Kier alpha value is -1.28. The van der Waals surface area contributed by atoms with Gasteiger partial charge in [-0.2, -0.15) is 0 Å². The molecule has 0 saturated heterocycles.